The van der Waals surface area contributed by atoms with Gasteiger partial charge >= 0.3 is 5.97 Å². The maximum absolute atomic E-state index is 11.4. The van der Waals surface area contributed by atoms with Crippen LogP contribution >= 0.6 is 0 Å². The van der Waals surface area contributed by atoms with Gasteiger partial charge in [-0.15, -0.1) is 0 Å². The van der Waals surface area contributed by atoms with Gasteiger partial charge in [-0.1, -0.05) is 0 Å². The second kappa shape index (κ2) is 4.96. The molecule has 1 atom stereocenters. The fourth-order valence-electron chi connectivity index (χ4n) is 1.67. The Balaban J connectivity index is 2.09. The van der Waals surface area contributed by atoms with Crippen molar-refractivity contribution in [2.75, 3.05) is 37.4 Å². The third-order valence-electron chi connectivity index (χ3n) is 2.51. The van der Waals surface area contributed by atoms with Crippen LogP contribution in [0.15, 0.2) is 12.3 Å². The molecule has 1 fully saturated rings. The van der Waals surface area contributed by atoms with Gasteiger partial charge in [-0.25, -0.2) is 9.78 Å². The fraction of sp³-hybridized carbons (Fsp3) is 0.500. The van der Waals surface area contributed by atoms with E-state index in [9.17, 15) is 4.79 Å². The summed E-state index contributed by atoms with van der Waals surface area (Å²) in [5.74, 6) is 0.523. The average Bonchev–Trinajstić information content (AvgIpc) is 2.38. The minimum Gasteiger partial charge on any atom is -0.467 e. The van der Waals surface area contributed by atoms with Crippen molar-refractivity contribution in [1.82, 2.24) is 9.97 Å². The summed E-state index contributed by atoms with van der Waals surface area (Å²) in [4.78, 5) is 21.2. The molecule has 1 saturated heterocycles. The van der Waals surface area contributed by atoms with Gasteiger partial charge in [0.1, 0.15) is 5.82 Å². The molecule has 0 amide bonds. The molecule has 0 aromatic carbocycles. The largest absolute Gasteiger partial charge is 0.467 e. The van der Waals surface area contributed by atoms with Crippen LogP contribution < -0.4 is 10.6 Å². The number of carbonyl (C=O) groups excluding carboxylic acids is 1. The van der Waals surface area contributed by atoms with Gasteiger partial charge in [0.15, 0.2) is 6.10 Å². The third kappa shape index (κ3) is 2.62. The topological polar surface area (TPSA) is 90.6 Å². The first-order valence-corrected chi connectivity index (χ1v) is 5.23. The average molecular weight is 238 g/mol. The van der Waals surface area contributed by atoms with Gasteiger partial charge in [-0.3, -0.25) is 0 Å². The van der Waals surface area contributed by atoms with E-state index in [-0.39, 0.29) is 11.9 Å². The second-order valence-corrected chi connectivity index (χ2v) is 3.60. The van der Waals surface area contributed by atoms with Crippen LogP contribution in [0.2, 0.25) is 0 Å². The van der Waals surface area contributed by atoms with E-state index in [0.717, 1.165) is 0 Å². The number of hydrogen-bond donors (Lipinski definition) is 1. The molecule has 0 bridgehead atoms. The number of ether oxygens (including phenoxy) is 2. The highest BCUT2D eigenvalue weighted by molar-refractivity contribution is 5.75. The normalized spacial score (nSPS) is 20.1. The van der Waals surface area contributed by atoms with Crippen LogP contribution in [-0.4, -0.2) is 48.8 Å². The number of esters is 1. The number of methoxy groups -OCH3 is 1. The Hall–Kier alpha value is -1.89. The first kappa shape index (κ1) is 11.6. The molecule has 0 saturated carbocycles. The molecule has 7 heteroatoms. The maximum atomic E-state index is 11.4. The Labute approximate surface area is 98.5 Å². The minimum atomic E-state index is -0.579. The highest BCUT2D eigenvalue weighted by atomic mass is 16.6. The zero-order valence-electron chi connectivity index (χ0n) is 9.50. The molecule has 17 heavy (non-hydrogen) atoms. The van der Waals surface area contributed by atoms with Crippen molar-refractivity contribution in [3.8, 4) is 0 Å². The van der Waals surface area contributed by atoms with E-state index in [4.69, 9.17) is 10.5 Å². The quantitative estimate of drug-likeness (QED) is 0.690. The molecule has 92 valence electrons. The number of nitrogen functional groups attached to an aromatic ring is 1. The van der Waals surface area contributed by atoms with Crippen LogP contribution in [0.25, 0.3) is 0 Å². The van der Waals surface area contributed by atoms with Gasteiger partial charge in [0.05, 0.1) is 20.3 Å². The number of carbonyl (C=O) groups is 1. The molecule has 0 radical (unpaired) electrons. The minimum absolute atomic E-state index is 0.212. The molecular formula is C10H14N4O3. The summed E-state index contributed by atoms with van der Waals surface area (Å²) in [6.07, 6.45) is 1.00. The fourth-order valence-corrected chi connectivity index (χ4v) is 1.67. The lowest BCUT2D eigenvalue weighted by molar-refractivity contribution is -0.154. The lowest BCUT2D eigenvalue weighted by Crippen LogP contribution is -2.46. The predicted molar refractivity (Wildman–Crippen MR) is 60.4 cm³/mol. The first-order valence-electron chi connectivity index (χ1n) is 5.23. The smallest absolute Gasteiger partial charge is 0.336 e. The van der Waals surface area contributed by atoms with Crippen LogP contribution in [0, 0.1) is 0 Å². The Morgan fingerprint density at radius 1 is 1.71 bits per heavy atom. The Kier molecular flexibility index (Phi) is 3.38. The Morgan fingerprint density at radius 2 is 2.53 bits per heavy atom. The van der Waals surface area contributed by atoms with E-state index in [1.165, 1.54) is 7.11 Å². The van der Waals surface area contributed by atoms with Gasteiger partial charge in [-0.05, 0) is 6.07 Å². The molecule has 1 unspecified atom stereocenters. The first-order chi connectivity index (χ1) is 8.20. The van der Waals surface area contributed by atoms with E-state index in [1.807, 2.05) is 4.90 Å². The summed E-state index contributed by atoms with van der Waals surface area (Å²) in [7, 11) is 1.34. The number of nitrogens with two attached hydrogens (primary N) is 1. The van der Waals surface area contributed by atoms with E-state index >= 15 is 0 Å². The molecule has 1 aliphatic rings. The summed E-state index contributed by atoms with van der Waals surface area (Å²) in [5, 5.41) is 0. The van der Waals surface area contributed by atoms with Gasteiger partial charge in [0, 0.05) is 12.7 Å². The molecule has 0 aliphatic carbocycles. The summed E-state index contributed by atoms with van der Waals surface area (Å²) in [5.41, 5.74) is 5.51. The molecule has 2 N–H and O–H groups in total. The van der Waals surface area contributed by atoms with Crippen molar-refractivity contribution in [2.24, 2.45) is 0 Å². The van der Waals surface area contributed by atoms with Crippen LogP contribution in [0.4, 0.5) is 11.8 Å². The lowest BCUT2D eigenvalue weighted by atomic mass is 10.2. The zero-order valence-corrected chi connectivity index (χ0v) is 9.50. The SMILES string of the molecule is COC(=O)C1CN(c2ccnc(N)n2)CCO1. The van der Waals surface area contributed by atoms with Crippen molar-refractivity contribution in [1.29, 1.82) is 0 Å². The molecule has 2 heterocycles. The molecular weight excluding hydrogens is 224 g/mol. The standard InChI is InChI=1S/C10H14N4O3/c1-16-9(15)7-6-14(4-5-17-7)8-2-3-12-10(11)13-8/h2-3,7H,4-6H2,1H3,(H2,11,12,13). The molecule has 1 aromatic rings. The van der Waals surface area contributed by atoms with Gasteiger partial charge in [0.2, 0.25) is 5.95 Å². The van der Waals surface area contributed by atoms with E-state index in [0.29, 0.717) is 25.5 Å². The third-order valence-corrected chi connectivity index (χ3v) is 2.51. The summed E-state index contributed by atoms with van der Waals surface area (Å²) in [6, 6.07) is 1.75. The van der Waals surface area contributed by atoms with E-state index < -0.39 is 6.10 Å². The van der Waals surface area contributed by atoms with Crippen molar-refractivity contribution in [3.63, 3.8) is 0 Å². The van der Waals surface area contributed by atoms with Gasteiger partial charge in [-0.2, -0.15) is 4.98 Å². The molecule has 0 spiro atoms. The molecule has 7 nitrogen and oxygen atoms in total. The number of hydrogen-bond acceptors (Lipinski definition) is 7. The zero-order chi connectivity index (χ0) is 12.3. The summed E-state index contributed by atoms with van der Waals surface area (Å²) < 4.78 is 9.97. The number of aromatic nitrogens is 2. The predicted octanol–water partition coefficient (Wildman–Crippen LogP) is -0.563. The summed E-state index contributed by atoms with van der Waals surface area (Å²) in [6.45, 7) is 1.51. The van der Waals surface area contributed by atoms with Crippen molar-refractivity contribution in [3.05, 3.63) is 12.3 Å². The summed E-state index contributed by atoms with van der Waals surface area (Å²) >= 11 is 0. The maximum Gasteiger partial charge on any atom is 0.336 e. The van der Waals surface area contributed by atoms with Crippen LogP contribution in [0.5, 0.6) is 0 Å². The molecule has 1 aliphatic heterocycles. The van der Waals surface area contributed by atoms with Crippen LogP contribution in [-0.2, 0) is 14.3 Å². The monoisotopic (exact) mass is 238 g/mol. The highest BCUT2D eigenvalue weighted by Gasteiger charge is 2.28. The van der Waals surface area contributed by atoms with E-state index in [1.54, 1.807) is 12.3 Å². The second-order valence-electron chi connectivity index (χ2n) is 3.60. The van der Waals surface area contributed by atoms with Crippen molar-refractivity contribution >= 4 is 17.7 Å². The Morgan fingerprint density at radius 3 is 3.24 bits per heavy atom. The lowest BCUT2D eigenvalue weighted by Gasteiger charge is -2.32. The van der Waals surface area contributed by atoms with Crippen LogP contribution in [0.3, 0.4) is 0 Å². The number of anilines is 2. The van der Waals surface area contributed by atoms with Gasteiger partial charge in [0.25, 0.3) is 0 Å². The highest BCUT2D eigenvalue weighted by Crippen LogP contribution is 2.15. The van der Waals surface area contributed by atoms with Crippen molar-refractivity contribution < 1.29 is 14.3 Å². The number of morpholine rings is 1. The van der Waals surface area contributed by atoms with Gasteiger partial charge < -0.3 is 20.1 Å². The number of rotatable bonds is 2. The van der Waals surface area contributed by atoms with E-state index in [2.05, 4.69) is 14.7 Å². The Bertz CT molecular complexity index is 412. The molecule has 1 aromatic heterocycles. The molecule has 2 rings (SSSR count). The van der Waals surface area contributed by atoms with Crippen LogP contribution in [0.1, 0.15) is 0 Å². The van der Waals surface area contributed by atoms with Crippen molar-refractivity contribution in [2.45, 2.75) is 6.10 Å². The number of nitrogens with zero attached hydrogens (tertiary/aromatic N) is 3.